The minimum Gasteiger partial charge on any atom is -0.369 e. The smallest absolute Gasteiger partial charge is 0.198 e. The Morgan fingerprint density at radius 3 is 2.51 bits per heavy atom. The molecule has 0 spiro atoms. The highest BCUT2D eigenvalue weighted by atomic mass is 15.4. The largest absolute Gasteiger partial charge is 0.369 e. The summed E-state index contributed by atoms with van der Waals surface area (Å²) in [5.74, 6) is 0.480. The summed E-state index contributed by atoms with van der Waals surface area (Å²) >= 11 is 0. The minimum atomic E-state index is 0.480. The van der Waals surface area contributed by atoms with E-state index < -0.39 is 0 Å². The molecule has 0 saturated carbocycles. The summed E-state index contributed by atoms with van der Waals surface area (Å²) in [6.07, 6.45) is 11.8. The van der Waals surface area contributed by atoms with Gasteiger partial charge < -0.3 is 10.7 Å². The third-order valence-electron chi connectivity index (χ3n) is 6.13. The molecule has 0 amide bonds. The van der Waals surface area contributed by atoms with Gasteiger partial charge in [0.1, 0.15) is 0 Å². The molecular formula is C29H36N6. The van der Waals surface area contributed by atoms with Crippen molar-refractivity contribution in [3.8, 4) is 11.3 Å². The standard InChI is InChI=1S/C29H36N6/c1-3-10-23-15-17-24(18-16-23)19-22(2)20-35-21-26(33-34-35)13-8-5-9-14-27-28(32-29(30)31-27)25-11-6-4-7-12-25/h4,6-7,11-12,15-19,21H,3,5,8-10,13-14,20H2,1-2H3,(H3,30,31,32)/b22-19-. The van der Waals surface area contributed by atoms with Gasteiger partial charge >= 0.3 is 0 Å². The van der Waals surface area contributed by atoms with Crippen LogP contribution in [0.3, 0.4) is 0 Å². The molecule has 2 heterocycles. The number of rotatable bonds is 12. The summed E-state index contributed by atoms with van der Waals surface area (Å²) in [5, 5.41) is 8.70. The summed E-state index contributed by atoms with van der Waals surface area (Å²) in [6, 6.07) is 19.0. The number of nitrogens with one attached hydrogen (secondary N) is 1. The molecule has 0 radical (unpaired) electrons. The van der Waals surface area contributed by atoms with Gasteiger partial charge in [-0.2, -0.15) is 0 Å². The van der Waals surface area contributed by atoms with E-state index in [2.05, 4.69) is 82.8 Å². The van der Waals surface area contributed by atoms with E-state index in [1.807, 2.05) is 22.9 Å². The number of unbranched alkanes of at least 4 members (excludes halogenated alkanes) is 2. The fraction of sp³-hybridized carbons (Fsp3) is 0.345. The van der Waals surface area contributed by atoms with E-state index in [9.17, 15) is 0 Å². The van der Waals surface area contributed by atoms with E-state index >= 15 is 0 Å². The lowest BCUT2D eigenvalue weighted by Gasteiger charge is -2.03. The summed E-state index contributed by atoms with van der Waals surface area (Å²) in [5.41, 5.74) is 14.1. The van der Waals surface area contributed by atoms with Crippen LogP contribution in [0.4, 0.5) is 5.95 Å². The number of nitrogens with two attached hydrogens (primary N) is 1. The SMILES string of the molecule is CCCc1ccc(/C=C(/C)Cn2cc(CCCCCc3[nH]c(N)nc3-c3ccccc3)nn2)cc1. The second-order valence-corrected chi connectivity index (χ2v) is 9.27. The quantitative estimate of drug-likeness (QED) is 0.240. The first-order chi connectivity index (χ1) is 17.1. The maximum Gasteiger partial charge on any atom is 0.198 e. The normalized spacial score (nSPS) is 11.8. The zero-order valence-corrected chi connectivity index (χ0v) is 20.9. The van der Waals surface area contributed by atoms with Crippen LogP contribution in [-0.4, -0.2) is 25.0 Å². The van der Waals surface area contributed by atoms with Gasteiger partial charge in [0.15, 0.2) is 5.95 Å². The Hall–Kier alpha value is -3.67. The van der Waals surface area contributed by atoms with Crippen molar-refractivity contribution in [1.82, 2.24) is 25.0 Å². The van der Waals surface area contributed by atoms with Crippen LogP contribution in [0.5, 0.6) is 0 Å². The van der Waals surface area contributed by atoms with Crippen LogP contribution in [0, 0.1) is 0 Å². The molecule has 0 aliphatic rings. The molecule has 0 unspecified atom stereocenters. The molecule has 0 atom stereocenters. The number of hydrogen-bond acceptors (Lipinski definition) is 4. The van der Waals surface area contributed by atoms with E-state index in [4.69, 9.17) is 5.73 Å². The Kier molecular flexibility index (Phi) is 8.49. The third kappa shape index (κ3) is 7.15. The number of benzene rings is 2. The number of imidazole rings is 1. The molecule has 6 nitrogen and oxygen atoms in total. The second kappa shape index (κ2) is 12.2. The molecule has 2 aromatic carbocycles. The number of hydrogen-bond donors (Lipinski definition) is 2. The fourth-order valence-corrected chi connectivity index (χ4v) is 4.42. The van der Waals surface area contributed by atoms with Crippen molar-refractivity contribution in [2.45, 2.75) is 65.3 Å². The van der Waals surface area contributed by atoms with Crippen LogP contribution in [-0.2, 0) is 25.8 Å². The van der Waals surface area contributed by atoms with E-state index in [0.29, 0.717) is 5.95 Å². The highest BCUT2D eigenvalue weighted by Crippen LogP contribution is 2.24. The maximum atomic E-state index is 5.93. The monoisotopic (exact) mass is 468 g/mol. The Morgan fingerprint density at radius 1 is 0.971 bits per heavy atom. The summed E-state index contributed by atoms with van der Waals surface area (Å²) in [4.78, 5) is 7.72. The van der Waals surface area contributed by atoms with Crippen LogP contribution >= 0.6 is 0 Å². The number of nitrogen functional groups attached to an aromatic ring is 1. The molecule has 4 rings (SSSR count). The van der Waals surface area contributed by atoms with E-state index in [0.717, 1.165) is 67.7 Å². The van der Waals surface area contributed by atoms with Crippen molar-refractivity contribution < 1.29 is 0 Å². The average molecular weight is 469 g/mol. The lowest BCUT2D eigenvalue weighted by atomic mass is 10.1. The number of allylic oxidation sites excluding steroid dienone is 1. The van der Waals surface area contributed by atoms with Gasteiger partial charge in [0.25, 0.3) is 0 Å². The number of nitrogens with zero attached hydrogens (tertiary/aromatic N) is 4. The molecule has 0 aliphatic heterocycles. The summed E-state index contributed by atoms with van der Waals surface area (Å²) in [6.45, 7) is 5.12. The van der Waals surface area contributed by atoms with Crippen molar-refractivity contribution in [3.05, 3.63) is 88.9 Å². The van der Waals surface area contributed by atoms with Crippen LogP contribution in [0.1, 0.15) is 62.0 Å². The van der Waals surface area contributed by atoms with Gasteiger partial charge in [-0.15, -0.1) is 5.10 Å². The number of anilines is 1. The average Bonchev–Trinajstić information content (AvgIpc) is 3.46. The molecule has 182 valence electrons. The number of aromatic amines is 1. The lowest BCUT2D eigenvalue weighted by Crippen LogP contribution is -1.99. The zero-order chi connectivity index (χ0) is 24.5. The highest BCUT2D eigenvalue weighted by Gasteiger charge is 2.10. The van der Waals surface area contributed by atoms with Gasteiger partial charge in [-0.05, 0) is 50.2 Å². The van der Waals surface area contributed by atoms with Crippen molar-refractivity contribution in [1.29, 1.82) is 0 Å². The van der Waals surface area contributed by atoms with Crippen molar-refractivity contribution in [2.75, 3.05) is 5.73 Å². The molecule has 0 saturated heterocycles. The van der Waals surface area contributed by atoms with E-state index in [1.54, 1.807) is 0 Å². The predicted octanol–water partition coefficient (Wildman–Crippen LogP) is 6.26. The molecule has 6 heteroatoms. The van der Waals surface area contributed by atoms with Crippen molar-refractivity contribution in [3.63, 3.8) is 0 Å². The van der Waals surface area contributed by atoms with Crippen molar-refractivity contribution in [2.24, 2.45) is 0 Å². The van der Waals surface area contributed by atoms with Gasteiger partial charge in [-0.25, -0.2) is 9.67 Å². The Labute approximate surface area is 208 Å². The predicted molar refractivity (Wildman–Crippen MR) is 144 cm³/mol. The molecule has 0 fully saturated rings. The van der Waals surface area contributed by atoms with Gasteiger partial charge in [0, 0.05) is 17.5 Å². The Bertz CT molecular complexity index is 1220. The van der Waals surface area contributed by atoms with Crippen LogP contribution < -0.4 is 5.73 Å². The molecule has 0 aliphatic carbocycles. The first kappa shape index (κ1) is 24.5. The first-order valence-electron chi connectivity index (χ1n) is 12.7. The summed E-state index contributed by atoms with van der Waals surface area (Å²) in [7, 11) is 0. The van der Waals surface area contributed by atoms with Gasteiger partial charge in [0.2, 0.25) is 0 Å². The van der Waals surface area contributed by atoms with E-state index in [-0.39, 0.29) is 0 Å². The number of aromatic nitrogens is 5. The van der Waals surface area contributed by atoms with E-state index in [1.165, 1.54) is 23.1 Å². The maximum absolute atomic E-state index is 5.93. The summed E-state index contributed by atoms with van der Waals surface area (Å²) < 4.78 is 1.94. The van der Waals surface area contributed by atoms with Crippen LogP contribution in [0.15, 0.2) is 66.4 Å². The third-order valence-corrected chi connectivity index (χ3v) is 6.13. The second-order valence-electron chi connectivity index (χ2n) is 9.27. The Balaban J connectivity index is 1.22. The number of H-pyrrole nitrogens is 1. The van der Waals surface area contributed by atoms with Crippen molar-refractivity contribution >= 4 is 12.0 Å². The molecule has 4 aromatic rings. The van der Waals surface area contributed by atoms with Gasteiger partial charge in [-0.3, -0.25) is 0 Å². The molecule has 3 N–H and O–H groups in total. The molecular weight excluding hydrogens is 432 g/mol. The van der Waals surface area contributed by atoms with Gasteiger partial charge in [-0.1, -0.05) is 91.2 Å². The molecule has 2 aromatic heterocycles. The molecule has 0 bridgehead atoms. The molecule has 35 heavy (non-hydrogen) atoms. The lowest BCUT2D eigenvalue weighted by molar-refractivity contribution is 0.642. The van der Waals surface area contributed by atoms with Gasteiger partial charge in [0.05, 0.1) is 17.9 Å². The first-order valence-corrected chi connectivity index (χ1v) is 12.7. The topological polar surface area (TPSA) is 85.4 Å². The van der Waals surface area contributed by atoms with Crippen LogP contribution in [0.2, 0.25) is 0 Å². The highest BCUT2D eigenvalue weighted by molar-refractivity contribution is 5.63. The fourth-order valence-electron chi connectivity index (χ4n) is 4.42. The number of aryl methyl sites for hydroxylation is 3. The Morgan fingerprint density at radius 2 is 1.74 bits per heavy atom. The zero-order valence-electron chi connectivity index (χ0n) is 20.9. The van der Waals surface area contributed by atoms with Crippen LogP contribution in [0.25, 0.3) is 17.3 Å². The minimum absolute atomic E-state index is 0.480.